The van der Waals surface area contributed by atoms with Gasteiger partial charge in [-0.25, -0.2) is 0 Å². The van der Waals surface area contributed by atoms with Gasteiger partial charge in [-0.2, -0.15) is 5.26 Å². The van der Waals surface area contributed by atoms with Gasteiger partial charge in [0.15, 0.2) is 0 Å². The van der Waals surface area contributed by atoms with Crippen LogP contribution in [0.15, 0.2) is 24.3 Å². The van der Waals surface area contributed by atoms with Crippen molar-refractivity contribution >= 4 is 0 Å². The molecule has 1 aromatic rings. The fraction of sp³-hybridized carbons (Fsp3) is 0.533. The van der Waals surface area contributed by atoms with E-state index in [1.54, 1.807) is 0 Å². The molecule has 0 bridgehead atoms. The van der Waals surface area contributed by atoms with Crippen LogP contribution >= 0.6 is 0 Å². The summed E-state index contributed by atoms with van der Waals surface area (Å²) in [4.78, 5) is 0. The first-order valence-electron chi connectivity index (χ1n) is 6.61. The molecule has 1 aromatic carbocycles. The third-order valence-corrected chi connectivity index (χ3v) is 3.85. The lowest BCUT2D eigenvalue weighted by molar-refractivity contribution is 0.0752. The van der Waals surface area contributed by atoms with Gasteiger partial charge in [-0.1, -0.05) is 24.6 Å². The average Bonchev–Trinajstić information content (AvgIpc) is 2.87. The van der Waals surface area contributed by atoms with Gasteiger partial charge in [-0.3, -0.25) is 0 Å². The average molecular weight is 244 g/mol. The first-order valence-corrected chi connectivity index (χ1v) is 6.61. The smallest absolute Gasteiger partial charge is 0.0995 e. The van der Waals surface area contributed by atoms with Crippen molar-refractivity contribution in [2.24, 2.45) is 17.6 Å². The fourth-order valence-corrected chi connectivity index (χ4v) is 2.72. The minimum Gasteiger partial charge on any atom is -0.376 e. The predicted molar refractivity (Wildman–Crippen MR) is 70.7 cm³/mol. The van der Waals surface area contributed by atoms with Gasteiger partial charge >= 0.3 is 0 Å². The molecule has 3 nitrogen and oxygen atoms in total. The van der Waals surface area contributed by atoms with Crippen LogP contribution < -0.4 is 5.73 Å². The number of benzene rings is 1. The van der Waals surface area contributed by atoms with E-state index in [1.807, 2.05) is 24.3 Å². The van der Waals surface area contributed by atoms with Gasteiger partial charge in [0, 0.05) is 0 Å². The highest BCUT2D eigenvalue weighted by molar-refractivity contribution is 5.36. The van der Waals surface area contributed by atoms with Crippen LogP contribution in [0.2, 0.25) is 0 Å². The Kier molecular flexibility index (Phi) is 4.74. The van der Waals surface area contributed by atoms with Crippen LogP contribution in [-0.4, -0.2) is 13.2 Å². The Morgan fingerprint density at radius 1 is 1.28 bits per heavy atom. The molecule has 0 aromatic heterocycles. The molecule has 2 N–H and O–H groups in total. The molecule has 1 aliphatic rings. The molecule has 0 amide bonds. The topological polar surface area (TPSA) is 59.0 Å². The van der Waals surface area contributed by atoms with Crippen molar-refractivity contribution in [1.29, 1.82) is 5.26 Å². The summed E-state index contributed by atoms with van der Waals surface area (Å²) < 4.78 is 5.77. The van der Waals surface area contributed by atoms with Gasteiger partial charge in [-0.05, 0) is 42.9 Å². The quantitative estimate of drug-likeness (QED) is 0.865. The van der Waals surface area contributed by atoms with E-state index in [9.17, 15) is 0 Å². The third kappa shape index (κ3) is 3.10. The third-order valence-electron chi connectivity index (χ3n) is 3.85. The van der Waals surface area contributed by atoms with E-state index in [1.165, 1.54) is 19.3 Å². The summed E-state index contributed by atoms with van der Waals surface area (Å²) in [6.45, 7) is 2.06. The molecular weight excluding hydrogens is 224 g/mol. The number of nitrogens with two attached hydrogens (primary N) is 1. The largest absolute Gasteiger partial charge is 0.376 e. The highest BCUT2D eigenvalue weighted by Gasteiger charge is 2.25. The summed E-state index contributed by atoms with van der Waals surface area (Å²) in [7, 11) is 0. The van der Waals surface area contributed by atoms with E-state index in [-0.39, 0.29) is 0 Å². The van der Waals surface area contributed by atoms with Crippen LogP contribution in [0.25, 0.3) is 0 Å². The SMILES string of the molecule is N#Cc1ccccc1COCC1CCCC1CN. The Hall–Kier alpha value is -1.37. The summed E-state index contributed by atoms with van der Waals surface area (Å²) in [5, 5.41) is 8.99. The highest BCUT2D eigenvalue weighted by atomic mass is 16.5. The van der Waals surface area contributed by atoms with E-state index in [4.69, 9.17) is 15.7 Å². The van der Waals surface area contributed by atoms with Gasteiger partial charge in [0.05, 0.1) is 24.8 Å². The standard InChI is InChI=1S/C15H20N2O/c16-8-12-4-1-2-5-14(12)10-18-11-15-7-3-6-13(15)9-17/h1-2,4-5,13,15H,3,6-7,9-11,17H2. The normalized spacial score (nSPS) is 22.9. The van der Waals surface area contributed by atoms with Crippen molar-refractivity contribution < 1.29 is 4.74 Å². The van der Waals surface area contributed by atoms with Gasteiger partial charge in [0.1, 0.15) is 0 Å². The van der Waals surface area contributed by atoms with Crippen molar-refractivity contribution in [1.82, 2.24) is 0 Å². The number of ether oxygens (including phenoxy) is 1. The Bertz CT molecular complexity index is 425. The lowest BCUT2D eigenvalue weighted by Gasteiger charge is -2.17. The predicted octanol–water partition coefficient (Wildman–Crippen LogP) is 2.45. The molecule has 1 aliphatic carbocycles. The number of hydrogen-bond donors (Lipinski definition) is 1. The molecule has 2 unspecified atom stereocenters. The van der Waals surface area contributed by atoms with Crippen molar-refractivity contribution in [2.75, 3.05) is 13.2 Å². The van der Waals surface area contributed by atoms with E-state index in [2.05, 4.69) is 6.07 Å². The molecule has 96 valence electrons. The van der Waals surface area contributed by atoms with Crippen molar-refractivity contribution in [3.05, 3.63) is 35.4 Å². The number of rotatable bonds is 5. The Morgan fingerprint density at radius 3 is 2.83 bits per heavy atom. The number of nitriles is 1. The van der Waals surface area contributed by atoms with Crippen LogP contribution in [0.4, 0.5) is 0 Å². The zero-order valence-corrected chi connectivity index (χ0v) is 10.6. The maximum absolute atomic E-state index is 8.99. The van der Waals surface area contributed by atoms with Crippen LogP contribution in [-0.2, 0) is 11.3 Å². The Balaban J connectivity index is 1.83. The van der Waals surface area contributed by atoms with E-state index < -0.39 is 0 Å². The van der Waals surface area contributed by atoms with Crippen LogP contribution in [0.3, 0.4) is 0 Å². The highest BCUT2D eigenvalue weighted by Crippen LogP contribution is 2.31. The van der Waals surface area contributed by atoms with Crippen molar-refractivity contribution in [3.8, 4) is 6.07 Å². The number of hydrogen-bond acceptors (Lipinski definition) is 3. The summed E-state index contributed by atoms with van der Waals surface area (Å²) in [5.74, 6) is 1.22. The second kappa shape index (κ2) is 6.53. The van der Waals surface area contributed by atoms with Crippen LogP contribution in [0.5, 0.6) is 0 Å². The minimum atomic E-state index is 0.525. The molecular formula is C15H20N2O. The molecule has 0 heterocycles. The summed E-state index contributed by atoms with van der Waals surface area (Å²) in [6, 6.07) is 9.80. The van der Waals surface area contributed by atoms with Gasteiger partial charge < -0.3 is 10.5 Å². The molecule has 1 fully saturated rings. The van der Waals surface area contributed by atoms with Gasteiger partial charge in [0.25, 0.3) is 0 Å². The van der Waals surface area contributed by atoms with Crippen LogP contribution in [0.1, 0.15) is 30.4 Å². The Morgan fingerprint density at radius 2 is 2.06 bits per heavy atom. The van der Waals surface area contributed by atoms with Crippen LogP contribution in [0, 0.1) is 23.2 Å². The van der Waals surface area contributed by atoms with Gasteiger partial charge in [-0.15, -0.1) is 0 Å². The molecule has 2 atom stereocenters. The monoisotopic (exact) mass is 244 g/mol. The maximum Gasteiger partial charge on any atom is 0.0995 e. The molecule has 0 saturated heterocycles. The summed E-state index contributed by atoms with van der Waals surface area (Å²) >= 11 is 0. The molecule has 0 spiro atoms. The first-order chi connectivity index (χ1) is 8.85. The second-order valence-electron chi connectivity index (χ2n) is 4.97. The molecule has 0 aliphatic heterocycles. The minimum absolute atomic E-state index is 0.525. The Labute approximate surface area is 109 Å². The summed E-state index contributed by atoms with van der Waals surface area (Å²) in [5.41, 5.74) is 7.44. The molecule has 0 radical (unpaired) electrons. The van der Waals surface area contributed by atoms with Crippen molar-refractivity contribution in [3.63, 3.8) is 0 Å². The molecule has 1 saturated carbocycles. The molecule has 2 rings (SSSR count). The lowest BCUT2D eigenvalue weighted by atomic mass is 9.97. The van der Waals surface area contributed by atoms with Gasteiger partial charge in [0.2, 0.25) is 0 Å². The zero-order chi connectivity index (χ0) is 12.8. The zero-order valence-electron chi connectivity index (χ0n) is 10.6. The summed E-state index contributed by atoms with van der Waals surface area (Å²) in [6.07, 6.45) is 3.73. The van der Waals surface area contributed by atoms with Crippen molar-refractivity contribution in [2.45, 2.75) is 25.9 Å². The van der Waals surface area contributed by atoms with E-state index in [0.717, 1.165) is 18.7 Å². The molecule has 3 heteroatoms. The lowest BCUT2D eigenvalue weighted by Crippen LogP contribution is -2.22. The first kappa shape index (κ1) is 13.1. The fourth-order valence-electron chi connectivity index (χ4n) is 2.72. The van der Waals surface area contributed by atoms with E-state index in [0.29, 0.717) is 24.0 Å². The number of nitrogens with zero attached hydrogens (tertiary/aromatic N) is 1. The molecule has 18 heavy (non-hydrogen) atoms. The maximum atomic E-state index is 8.99. The second-order valence-corrected chi connectivity index (χ2v) is 4.97. The van der Waals surface area contributed by atoms with E-state index >= 15 is 0 Å².